The Balaban J connectivity index is 1.79. The molecule has 0 aromatic carbocycles. The van der Waals surface area contributed by atoms with Crippen LogP contribution in [0.1, 0.15) is 17.4 Å². The van der Waals surface area contributed by atoms with Gasteiger partial charge in [0, 0.05) is 64.4 Å². The number of piperazine rings is 1. The van der Waals surface area contributed by atoms with Crippen LogP contribution in [0.25, 0.3) is 0 Å². The van der Waals surface area contributed by atoms with E-state index in [0.29, 0.717) is 6.04 Å². The van der Waals surface area contributed by atoms with Gasteiger partial charge in [0.15, 0.2) is 0 Å². The van der Waals surface area contributed by atoms with Crippen molar-refractivity contribution in [2.45, 2.75) is 12.6 Å². The predicted molar refractivity (Wildman–Crippen MR) is 72.4 cm³/mol. The Morgan fingerprint density at radius 2 is 2.32 bits per heavy atom. The van der Waals surface area contributed by atoms with Gasteiger partial charge in [0.25, 0.3) is 0 Å². The van der Waals surface area contributed by atoms with E-state index in [1.165, 1.54) is 5.56 Å². The zero-order valence-corrected chi connectivity index (χ0v) is 11.5. The Morgan fingerprint density at radius 3 is 3.00 bits per heavy atom. The number of aromatic nitrogens is 4. The van der Waals surface area contributed by atoms with E-state index in [0.717, 1.165) is 32.0 Å². The average molecular weight is 260 g/mol. The van der Waals surface area contributed by atoms with Crippen LogP contribution in [-0.4, -0.2) is 43.9 Å². The highest BCUT2D eigenvalue weighted by atomic mass is 15.3. The van der Waals surface area contributed by atoms with Gasteiger partial charge in [-0.15, -0.1) is 0 Å². The summed E-state index contributed by atoms with van der Waals surface area (Å²) in [5.41, 5.74) is 1.25. The summed E-state index contributed by atoms with van der Waals surface area (Å²) in [5.74, 6) is 1.12. The van der Waals surface area contributed by atoms with Crippen LogP contribution in [-0.2, 0) is 20.6 Å². The van der Waals surface area contributed by atoms with Crippen molar-refractivity contribution in [1.29, 1.82) is 0 Å². The van der Waals surface area contributed by atoms with Crippen molar-refractivity contribution in [3.8, 4) is 0 Å². The molecule has 1 atom stereocenters. The predicted octanol–water partition coefficient (Wildman–Crippen LogP) is 0.300. The molecule has 0 aliphatic carbocycles. The number of hydrogen-bond acceptors (Lipinski definition) is 4. The number of imidazole rings is 1. The summed E-state index contributed by atoms with van der Waals surface area (Å²) < 4.78 is 3.96. The van der Waals surface area contributed by atoms with Crippen molar-refractivity contribution in [2.75, 3.05) is 19.6 Å². The van der Waals surface area contributed by atoms with Gasteiger partial charge in [-0.05, 0) is 0 Å². The van der Waals surface area contributed by atoms with Crippen LogP contribution in [0.2, 0.25) is 0 Å². The van der Waals surface area contributed by atoms with E-state index in [9.17, 15) is 0 Å². The molecule has 2 aromatic rings. The third-order valence-corrected chi connectivity index (χ3v) is 3.65. The molecule has 6 heteroatoms. The molecular formula is C13H20N6. The van der Waals surface area contributed by atoms with Crippen molar-refractivity contribution in [1.82, 2.24) is 29.5 Å². The van der Waals surface area contributed by atoms with Crippen LogP contribution >= 0.6 is 0 Å². The summed E-state index contributed by atoms with van der Waals surface area (Å²) >= 11 is 0. The molecule has 19 heavy (non-hydrogen) atoms. The molecule has 2 aromatic heterocycles. The van der Waals surface area contributed by atoms with E-state index in [1.807, 2.05) is 30.3 Å². The molecule has 0 radical (unpaired) electrons. The fraction of sp³-hybridized carbons (Fsp3) is 0.538. The molecule has 1 saturated heterocycles. The summed E-state index contributed by atoms with van der Waals surface area (Å²) in [4.78, 5) is 6.97. The lowest BCUT2D eigenvalue weighted by Crippen LogP contribution is -2.46. The number of rotatable bonds is 3. The van der Waals surface area contributed by atoms with E-state index < -0.39 is 0 Å². The van der Waals surface area contributed by atoms with Crippen LogP contribution in [0, 0.1) is 0 Å². The minimum atomic E-state index is 0.328. The fourth-order valence-electron chi connectivity index (χ4n) is 2.68. The van der Waals surface area contributed by atoms with Gasteiger partial charge in [-0.3, -0.25) is 9.58 Å². The van der Waals surface area contributed by atoms with Gasteiger partial charge < -0.3 is 9.88 Å². The molecule has 0 spiro atoms. The molecule has 0 amide bonds. The zero-order chi connectivity index (χ0) is 13.2. The molecule has 0 saturated carbocycles. The van der Waals surface area contributed by atoms with Crippen molar-refractivity contribution in [3.05, 3.63) is 36.2 Å². The van der Waals surface area contributed by atoms with Crippen LogP contribution < -0.4 is 5.32 Å². The number of hydrogen-bond donors (Lipinski definition) is 1. The monoisotopic (exact) mass is 260 g/mol. The van der Waals surface area contributed by atoms with Gasteiger partial charge in [-0.25, -0.2) is 4.98 Å². The van der Waals surface area contributed by atoms with Gasteiger partial charge in [0.1, 0.15) is 5.82 Å². The maximum atomic E-state index is 4.50. The maximum Gasteiger partial charge on any atom is 0.127 e. The second-order valence-electron chi connectivity index (χ2n) is 5.11. The highest BCUT2D eigenvalue weighted by Gasteiger charge is 2.26. The Labute approximate surface area is 113 Å². The van der Waals surface area contributed by atoms with Gasteiger partial charge in [-0.1, -0.05) is 0 Å². The van der Waals surface area contributed by atoms with E-state index >= 15 is 0 Å². The lowest BCUT2D eigenvalue weighted by molar-refractivity contribution is 0.144. The zero-order valence-electron chi connectivity index (χ0n) is 11.5. The lowest BCUT2D eigenvalue weighted by Gasteiger charge is -2.35. The van der Waals surface area contributed by atoms with Gasteiger partial charge >= 0.3 is 0 Å². The Hall–Kier alpha value is -1.66. The third-order valence-electron chi connectivity index (χ3n) is 3.65. The van der Waals surface area contributed by atoms with Gasteiger partial charge in [-0.2, -0.15) is 5.10 Å². The summed E-state index contributed by atoms with van der Waals surface area (Å²) in [7, 11) is 4.01. The Kier molecular flexibility index (Phi) is 3.35. The lowest BCUT2D eigenvalue weighted by atomic mass is 10.1. The van der Waals surface area contributed by atoms with Crippen molar-refractivity contribution < 1.29 is 0 Å². The first-order chi connectivity index (χ1) is 9.24. The standard InChI is InChI=1S/C13H20N6/c1-17-5-4-15-13(17)12-8-14-3-6-19(12)10-11-7-16-18(2)9-11/h4-5,7,9,12,14H,3,6,8,10H2,1-2H3. The summed E-state index contributed by atoms with van der Waals surface area (Å²) in [6, 6.07) is 0.328. The first-order valence-electron chi connectivity index (χ1n) is 6.63. The van der Waals surface area contributed by atoms with E-state index in [4.69, 9.17) is 0 Å². The summed E-state index contributed by atoms with van der Waals surface area (Å²) in [6.07, 6.45) is 7.90. The van der Waals surface area contributed by atoms with Gasteiger partial charge in [0.2, 0.25) is 0 Å². The second kappa shape index (κ2) is 5.14. The molecule has 1 fully saturated rings. The molecule has 1 aliphatic heterocycles. The van der Waals surface area contributed by atoms with Crippen molar-refractivity contribution >= 4 is 0 Å². The number of aryl methyl sites for hydroxylation is 2. The molecule has 3 heterocycles. The fourth-order valence-corrected chi connectivity index (χ4v) is 2.68. The van der Waals surface area contributed by atoms with E-state index in [2.05, 4.69) is 38.1 Å². The SMILES string of the molecule is Cn1cc(CN2CCNCC2c2nccn2C)cn1. The summed E-state index contributed by atoms with van der Waals surface area (Å²) in [5, 5.41) is 7.70. The van der Waals surface area contributed by atoms with Crippen molar-refractivity contribution in [2.24, 2.45) is 14.1 Å². The number of nitrogens with one attached hydrogen (secondary N) is 1. The number of nitrogens with zero attached hydrogens (tertiary/aromatic N) is 5. The molecule has 3 rings (SSSR count). The van der Waals surface area contributed by atoms with E-state index in [-0.39, 0.29) is 0 Å². The van der Waals surface area contributed by atoms with Gasteiger partial charge in [0.05, 0.1) is 12.2 Å². The molecule has 0 bridgehead atoms. The average Bonchev–Trinajstić information content (AvgIpc) is 2.99. The minimum absolute atomic E-state index is 0.328. The Morgan fingerprint density at radius 1 is 1.42 bits per heavy atom. The first-order valence-corrected chi connectivity index (χ1v) is 6.63. The normalized spacial score (nSPS) is 20.8. The smallest absolute Gasteiger partial charge is 0.127 e. The third kappa shape index (κ3) is 2.54. The van der Waals surface area contributed by atoms with Crippen LogP contribution in [0.3, 0.4) is 0 Å². The van der Waals surface area contributed by atoms with Crippen LogP contribution in [0.5, 0.6) is 0 Å². The highest BCUT2D eigenvalue weighted by Crippen LogP contribution is 2.22. The largest absolute Gasteiger partial charge is 0.337 e. The second-order valence-corrected chi connectivity index (χ2v) is 5.11. The quantitative estimate of drug-likeness (QED) is 0.862. The molecule has 6 nitrogen and oxygen atoms in total. The molecule has 1 N–H and O–H groups in total. The van der Waals surface area contributed by atoms with Crippen LogP contribution in [0.4, 0.5) is 0 Å². The summed E-state index contributed by atoms with van der Waals surface area (Å²) in [6.45, 7) is 3.94. The molecular weight excluding hydrogens is 240 g/mol. The van der Waals surface area contributed by atoms with Crippen LogP contribution in [0.15, 0.2) is 24.8 Å². The maximum absolute atomic E-state index is 4.50. The topological polar surface area (TPSA) is 50.9 Å². The highest BCUT2D eigenvalue weighted by molar-refractivity contribution is 5.07. The van der Waals surface area contributed by atoms with Crippen molar-refractivity contribution in [3.63, 3.8) is 0 Å². The minimum Gasteiger partial charge on any atom is -0.337 e. The molecule has 102 valence electrons. The van der Waals surface area contributed by atoms with E-state index in [1.54, 1.807) is 0 Å². The molecule has 1 unspecified atom stereocenters. The first kappa shape index (κ1) is 12.4. The Bertz CT molecular complexity index is 543. The molecule has 1 aliphatic rings.